The Balaban J connectivity index is 3.95. The number of ether oxygens (including phenoxy) is 1. The molecule has 0 N–H and O–H groups in total. The van der Waals surface area contributed by atoms with Gasteiger partial charge < -0.3 is 4.74 Å². The summed E-state index contributed by atoms with van der Waals surface area (Å²) in [4.78, 5) is 12.3. The lowest BCUT2D eigenvalue weighted by Gasteiger charge is -2.23. The summed E-state index contributed by atoms with van der Waals surface area (Å²) in [5.41, 5.74) is -0.393. The van der Waals surface area contributed by atoms with Crippen LogP contribution in [0.1, 0.15) is 157 Å². The van der Waals surface area contributed by atoms with Gasteiger partial charge in [0.25, 0.3) is 0 Å². The van der Waals surface area contributed by atoms with Gasteiger partial charge in [-0.25, -0.2) is 0 Å². The quantitative estimate of drug-likeness (QED) is 0.147. The van der Waals surface area contributed by atoms with E-state index in [0.717, 1.165) is 12.8 Å². The molecule has 29 heavy (non-hydrogen) atoms. The highest BCUT2D eigenvalue weighted by Gasteiger charge is 2.26. The van der Waals surface area contributed by atoms with Crippen molar-refractivity contribution < 1.29 is 9.53 Å². The van der Waals surface area contributed by atoms with Crippen LogP contribution in [0, 0.1) is 5.41 Å². The molecule has 0 bridgehead atoms. The van der Waals surface area contributed by atoms with Crippen molar-refractivity contribution >= 4 is 5.97 Å². The third kappa shape index (κ3) is 19.2. The minimum atomic E-state index is -0.393. The van der Waals surface area contributed by atoms with Gasteiger partial charge in [-0.15, -0.1) is 0 Å². The molecule has 0 heterocycles. The maximum absolute atomic E-state index is 12.3. The number of carbonyl (C=O) groups excluding carboxylic acids is 1. The Labute approximate surface area is 184 Å². The Kier molecular flexibility index (Phi) is 19.1. The fourth-order valence-corrected chi connectivity index (χ4v) is 3.78. The van der Waals surface area contributed by atoms with Crippen molar-refractivity contribution in [1.29, 1.82) is 0 Å². The molecule has 0 fully saturated rings. The highest BCUT2D eigenvalue weighted by molar-refractivity contribution is 5.75. The van der Waals surface area contributed by atoms with Crippen LogP contribution >= 0.6 is 0 Å². The first-order valence-corrected chi connectivity index (χ1v) is 13.1. The van der Waals surface area contributed by atoms with Crippen molar-refractivity contribution in [3.8, 4) is 0 Å². The van der Waals surface area contributed by atoms with Crippen molar-refractivity contribution in [3.05, 3.63) is 0 Å². The molecule has 0 saturated carbocycles. The minimum absolute atomic E-state index is 0.0301. The number of hydrogen-bond donors (Lipinski definition) is 0. The molecule has 2 nitrogen and oxygen atoms in total. The van der Waals surface area contributed by atoms with Gasteiger partial charge in [-0.3, -0.25) is 4.79 Å². The predicted molar refractivity (Wildman–Crippen MR) is 128 cm³/mol. The van der Waals surface area contributed by atoms with E-state index in [1.807, 2.05) is 20.8 Å². The minimum Gasteiger partial charge on any atom is -0.462 e. The molecule has 1 atom stereocenters. The van der Waals surface area contributed by atoms with Crippen LogP contribution in [0.15, 0.2) is 0 Å². The highest BCUT2D eigenvalue weighted by atomic mass is 16.5. The molecule has 0 amide bonds. The number of unbranched alkanes of at least 4 members (excludes halogenated alkanes) is 15. The van der Waals surface area contributed by atoms with E-state index in [0.29, 0.717) is 0 Å². The summed E-state index contributed by atoms with van der Waals surface area (Å²) < 4.78 is 5.90. The lowest BCUT2D eigenvalue weighted by atomic mass is 9.96. The zero-order chi connectivity index (χ0) is 21.8. The third-order valence-electron chi connectivity index (χ3n) is 5.90. The van der Waals surface area contributed by atoms with Crippen molar-refractivity contribution in [1.82, 2.24) is 0 Å². The fraction of sp³-hybridized carbons (Fsp3) is 0.963. The number of carbonyl (C=O) groups is 1. The first-order chi connectivity index (χ1) is 13.9. The van der Waals surface area contributed by atoms with Crippen molar-refractivity contribution in [3.63, 3.8) is 0 Å². The van der Waals surface area contributed by atoms with E-state index < -0.39 is 5.41 Å². The normalized spacial score (nSPS) is 12.9. The van der Waals surface area contributed by atoms with Crippen LogP contribution in [-0.2, 0) is 9.53 Å². The van der Waals surface area contributed by atoms with Gasteiger partial charge in [0, 0.05) is 0 Å². The molecule has 0 aliphatic carbocycles. The first-order valence-electron chi connectivity index (χ1n) is 13.1. The van der Waals surface area contributed by atoms with Crippen LogP contribution in [-0.4, -0.2) is 12.1 Å². The zero-order valence-corrected chi connectivity index (χ0v) is 20.8. The fourth-order valence-electron chi connectivity index (χ4n) is 3.78. The monoisotopic (exact) mass is 410 g/mol. The molecule has 174 valence electrons. The van der Waals surface area contributed by atoms with Crippen LogP contribution in [0.5, 0.6) is 0 Å². The lowest BCUT2D eigenvalue weighted by molar-refractivity contribution is -0.159. The molecule has 0 aromatic heterocycles. The van der Waals surface area contributed by atoms with Gasteiger partial charge in [-0.1, -0.05) is 110 Å². The average molecular weight is 411 g/mol. The third-order valence-corrected chi connectivity index (χ3v) is 5.90. The molecular weight excluding hydrogens is 356 g/mol. The smallest absolute Gasteiger partial charge is 0.311 e. The van der Waals surface area contributed by atoms with E-state index in [1.54, 1.807) is 0 Å². The first kappa shape index (κ1) is 28.5. The molecule has 0 aliphatic rings. The van der Waals surface area contributed by atoms with Crippen LogP contribution in [0.3, 0.4) is 0 Å². The van der Waals surface area contributed by atoms with Gasteiger partial charge in [0.1, 0.15) is 6.10 Å². The van der Waals surface area contributed by atoms with Crippen molar-refractivity contribution in [2.45, 2.75) is 163 Å². The molecule has 0 aromatic rings. The summed E-state index contributed by atoms with van der Waals surface area (Å²) in [6.07, 6.45) is 25.0. The maximum Gasteiger partial charge on any atom is 0.311 e. The summed E-state index contributed by atoms with van der Waals surface area (Å²) in [6, 6.07) is 0. The van der Waals surface area contributed by atoms with Crippen LogP contribution in [0.4, 0.5) is 0 Å². The molecule has 0 aliphatic heterocycles. The van der Waals surface area contributed by atoms with E-state index in [-0.39, 0.29) is 12.1 Å². The van der Waals surface area contributed by atoms with E-state index in [2.05, 4.69) is 13.8 Å². The molecule has 0 radical (unpaired) electrons. The summed E-state index contributed by atoms with van der Waals surface area (Å²) in [7, 11) is 0. The Hall–Kier alpha value is -0.530. The standard InChI is InChI=1S/C27H54O2/c1-6-8-10-12-14-15-16-18-20-22-24-25(29-26(28)27(3,4)5)23-21-19-17-13-11-9-7-2/h25H,6-24H2,1-5H3. The molecule has 2 heteroatoms. The Bertz CT molecular complexity index is 356. The van der Waals surface area contributed by atoms with Crippen LogP contribution < -0.4 is 0 Å². The lowest BCUT2D eigenvalue weighted by Crippen LogP contribution is -2.28. The average Bonchev–Trinajstić information content (AvgIpc) is 2.67. The molecule has 0 aromatic carbocycles. The summed E-state index contributed by atoms with van der Waals surface area (Å²) in [5.74, 6) is -0.0301. The zero-order valence-electron chi connectivity index (χ0n) is 20.8. The van der Waals surface area contributed by atoms with Gasteiger partial charge in [-0.05, 0) is 46.5 Å². The molecule has 0 spiro atoms. The van der Waals surface area contributed by atoms with Gasteiger partial charge in [0.15, 0.2) is 0 Å². The Morgan fingerprint density at radius 3 is 1.21 bits per heavy atom. The van der Waals surface area contributed by atoms with Gasteiger partial charge in [0.05, 0.1) is 5.41 Å². The topological polar surface area (TPSA) is 26.3 Å². The molecular formula is C27H54O2. The Morgan fingerprint density at radius 1 is 0.586 bits per heavy atom. The van der Waals surface area contributed by atoms with Gasteiger partial charge >= 0.3 is 5.97 Å². The van der Waals surface area contributed by atoms with Crippen LogP contribution in [0.2, 0.25) is 0 Å². The van der Waals surface area contributed by atoms with E-state index >= 15 is 0 Å². The van der Waals surface area contributed by atoms with Gasteiger partial charge in [0.2, 0.25) is 0 Å². The summed E-state index contributed by atoms with van der Waals surface area (Å²) in [6.45, 7) is 10.4. The summed E-state index contributed by atoms with van der Waals surface area (Å²) >= 11 is 0. The van der Waals surface area contributed by atoms with E-state index in [9.17, 15) is 4.79 Å². The maximum atomic E-state index is 12.3. The van der Waals surface area contributed by atoms with E-state index in [1.165, 1.54) is 109 Å². The second-order valence-electron chi connectivity index (χ2n) is 10.2. The number of rotatable bonds is 20. The highest BCUT2D eigenvalue weighted by Crippen LogP contribution is 2.22. The SMILES string of the molecule is CCCCCCCCCCCCC(CCCCCCCCC)OC(=O)C(C)(C)C. The second kappa shape index (κ2) is 19.4. The molecule has 1 unspecified atom stereocenters. The van der Waals surface area contributed by atoms with Crippen LogP contribution in [0.25, 0.3) is 0 Å². The van der Waals surface area contributed by atoms with Crippen molar-refractivity contribution in [2.24, 2.45) is 5.41 Å². The van der Waals surface area contributed by atoms with Gasteiger partial charge in [-0.2, -0.15) is 0 Å². The summed E-state index contributed by atoms with van der Waals surface area (Å²) in [5, 5.41) is 0. The number of esters is 1. The number of hydrogen-bond acceptors (Lipinski definition) is 2. The molecule has 0 saturated heterocycles. The largest absolute Gasteiger partial charge is 0.462 e. The second-order valence-corrected chi connectivity index (χ2v) is 10.2. The van der Waals surface area contributed by atoms with Crippen molar-refractivity contribution in [2.75, 3.05) is 0 Å². The predicted octanol–water partition coefficient (Wildman–Crippen LogP) is 9.40. The van der Waals surface area contributed by atoms with E-state index in [4.69, 9.17) is 4.74 Å². The Morgan fingerprint density at radius 2 is 0.897 bits per heavy atom. The molecule has 0 rings (SSSR count).